The molecule has 0 spiro atoms. The number of piperidine rings is 1. The molecule has 0 bridgehead atoms. The summed E-state index contributed by atoms with van der Waals surface area (Å²) >= 11 is 5.82. The molecule has 88 valence electrons. The highest BCUT2D eigenvalue weighted by Crippen LogP contribution is 2.19. The predicted octanol–water partition coefficient (Wildman–Crippen LogP) is 2.86. The average Bonchev–Trinajstić information content (AvgIpc) is 2.31. The van der Waals surface area contributed by atoms with Crippen LogP contribution in [0.25, 0.3) is 0 Å². The molecule has 1 heterocycles. The van der Waals surface area contributed by atoms with Crippen molar-refractivity contribution in [3.8, 4) is 0 Å². The van der Waals surface area contributed by atoms with E-state index in [1.807, 2.05) is 24.3 Å². The van der Waals surface area contributed by atoms with Crippen LogP contribution < -0.4 is 0 Å². The Kier molecular flexibility index (Phi) is 4.22. The van der Waals surface area contributed by atoms with Crippen LogP contribution in [0, 0.1) is 0 Å². The number of aliphatic hydroxyl groups is 1. The second-order valence-corrected chi connectivity index (χ2v) is 4.87. The van der Waals surface area contributed by atoms with Crippen LogP contribution in [-0.2, 0) is 0 Å². The van der Waals surface area contributed by atoms with E-state index in [1.54, 1.807) is 0 Å². The summed E-state index contributed by atoms with van der Waals surface area (Å²) in [6, 6.07) is 7.46. The highest BCUT2D eigenvalue weighted by Gasteiger charge is 2.15. The van der Waals surface area contributed by atoms with Crippen LogP contribution in [0.15, 0.2) is 24.3 Å². The first-order chi connectivity index (χ1) is 7.75. The number of rotatable bonds is 3. The van der Waals surface area contributed by atoms with Gasteiger partial charge in [0.05, 0.1) is 6.10 Å². The van der Waals surface area contributed by atoms with Gasteiger partial charge in [-0.15, -0.1) is 0 Å². The maximum atomic E-state index is 10.1. The van der Waals surface area contributed by atoms with Gasteiger partial charge in [0.25, 0.3) is 0 Å². The molecule has 1 aliphatic heterocycles. The van der Waals surface area contributed by atoms with Crippen molar-refractivity contribution < 1.29 is 5.11 Å². The number of β-amino-alcohol motifs (C(OH)–C–C–N with tert-alkyl or cyclic N) is 1. The number of hydrogen-bond donors (Lipinski definition) is 1. The van der Waals surface area contributed by atoms with E-state index in [-0.39, 0.29) is 0 Å². The lowest BCUT2D eigenvalue weighted by atomic mass is 10.1. The molecule has 1 aliphatic rings. The van der Waals surface area contributed by atoms with Crippen LogP contribution >= 0.6 is 11.6 Å². The van der Waals surface area contributed by atoms with Crippen LogP contribution in [0.4, 0.5) is 0 Å². The minimum atomic E-state index is -0.393. The van der Waals surface area contributed by atoms with Crippen molar-refractivity contribution >= 4 is 11.6 Å². The molecule has 1 aromatic carbocycles. The zero-order chi connectivity index (χ0) is 11.4. The highest BCUT2D eigenvalue weighted by molar-refractivity contribution is 6.30. The minimum absolute atomic E-state index is 0.393. The lowest BCUT2D eigenvalue weighted by Gasteiger charge is -2.28. The normalized spacial score (nSPS) is 19.6. The fourth-order valence-corrected chi connectivity index (χ4v) is 2.30. The van der Waals surface area contributed by atoms with Gasteiger partial charge in [-0.2, -0.15) is 0 Å². The van der Waals surface area contributed by atoms with Crippen LogP contribution in [0.5, 0.6) is 0 Å². The monoisotopic (exact) mass is 239 g/mol. The van der Waals surface area contributed by atoms with Gasteiger partial charge >= 0.3 is 0 Å². The first kappa shape index (κ1) is 11.9. The Bertz CT molecular complexity index is 319. The van der Waals surface area contributed by atoms with Crippen molar-refractivity contribution in [1.29, 1.82) is 0 Å². The van der Waals surface area contributed by atoms with Crippen molar-refractivity contribution in [2.45, 2.75) is 25.4 Å². The summed E-state index contributed by atoms with van der Waals surface area (Å²) in [4.78, 5) is 2.34. The molecule has 1 N–H and O–H groups in total. The number of aliphatic hydroxyl groups excluding tert-OH is 1. The number of halogens is 1. The lowest BCUT2D eigenvalue weighted by molar-refractivity contribution is 0.101. The van der Waals surface area contributed by atoms with Gasteiger partial charge in [-0.3, -0.25) is 0 Å². The second kappa shape index (κ2) is 5.67. The van der Waals surface area contributed by atoms with Crippen molar-refractivity contribution in [2.24, 2.45) is 0 Å². The zero-order valence-corrected chi connectivity index (χ0v) is 10.2. The number of likely N-dealkylation sites (tertiary alicyclic amines) is 1. The molecule has 0 aromatic heterocycles. The number of nitrogens with zero attached hydrogens (tertiary/aromatic N) is 1. The van der Waals surface area contributed by atoms with E-state index in [1.165, 1.54) is 19.3 Å². The second-order valence-electron chi connectivity index (χ2n) is 4.43. The van der Waals surface area contributed by atoms with Gasteiger partial charge in [-0.05, 0) is 43.6 Å². The predicted molar refractivity (Wildman–Crippen MR) is 66.7 cm³/mol. The molecule has 1 aromatic rings. The van der Waals surface area contributed by atoms with Crippen molar-refractivity contribution in [3.63, 3.8) is 0 Å². The third kappa shape index (κ3) is 3.21. The fraction of sp³-hybridized carbons (Fsp3) is 0.538. The topological polar surface area (TPSA) is 23.5 Å². The summed E-state index contributed by atoms with van der Waals surface area (Å²) < 4.78 is 0. The summed E-state index contributed by atoms with van der Waals surface area (Å²) in [5.41, 5.74) is 0.954. The molecule has 16 heavy (non-hydrogen) atoms. The van der Waals surface area contributed by atoms with E-state index in [0.29, 0.717) is 5.02 Å². The van der Waals surface area contributed by atoms with Crippen LogP contribution in [0.2, 0.25) is 5.02 Å². The summed E-state index contributed by atoms with van der Waals surface area (Å²) in [5, 5.41) is 10.8. The molecular weight excluding hydrogens is 222 g/mol. The van der Waals surface area contributed by atoms with Gasteiger partial charge in [0, 0.05) is 11.6 Å². The minimum Gasteiger partial charge on any atom is -0.387 e. The molecule has 1 fully saturated rings. The molecule has 3 heteroatoms. The van der Waals surface area contributed by atoms with E-state index in [9.17, 15) is 5.11 Å². The molecule has 0 unspecified atom stereocenters. The average molecular weight is 240 g/mol. The lowest BCUT2D eigenvalue weighted by Crippen LogP contribution is -2.33. The van der Waals surface area contributed by atoms with E-state index < -0.39 is 6.10 Å². The zero-order valence-electron chi connectivity index (χ0n) is 9.40. The van der Waals surface area contributed by atoms with Crippen molar-refractivity contribution in [3.05, 3.63) is 34.9 Å². The quantitative estimate of drug-likeness (QED) is 0.877. The summed E-state index contributed by atoms with van der Waals surface area (Å²) in [6.45, 7) is 2.97. The Balaban J connectivity index is 1.91. The van der Waals surface area contributed by atoms with E-state index in [4.69, 9.17) is 11.6 Å². The molecule has 0 amide bonds. The molecule has 2 rings (SSSR count). The van der Waals surface area contributed by atoms with Gasteiger partial charge in [0.15, 0.2) is 0 Å². The molecule has 0 radical (unpaired) electrons. The Hall–Kier alpha value is -0.570. The molecule has 0 saturated carbocycles. The van der Waals surface area contributed by atoms with Crippen LogP contribution in [0.3, 0.4) is 0 Å². The van der Waals surface area contributed by atoms with Crippen LogP contribution in [0.1, 0.15) is 30.9 Å². The maximum absolute atomic E-state index is 10.1. The first-order valence-electron chi connectivity index (χ1n) is 5.91. The summed E-state index contributed by atoms with van der Waals surface area (Å²) in [6.07, 6.45) is 3.45. The van der Waals surface area contributed by atoms with Crippen LogP contribution in [-0.4, -0.2) is 29.6 Å². The summed E-state index contributed by atoms with van der Waals surface area (Å²) in [5.74, 6) is 0. The largest absolute Gasteiger partial charge is 0.387 e. The van der Waals surface area contributed by atoms with E-state index in [0.717, 1.165) is 25.2 Å². The third-order valence-corrected chi connectivity index (χ3v) is 3.39. The molecule has 1 atom stereocenters. The Morgan fingerprint density at radius 1 is 1.12 bits per heavy atom. The van der Waals surface area contributed by atoms with Gasteiger partial charge in [0.1, 0.15) is 0 Å². The van der Waals surface area contributed by atoms with Gasteiger partial charge in [-0.25, -0.2) is 0 Å². The third-order valence-electron chi connectivity index (χ3n) is 3.13. The molecular formula is C13H18ClNO. The van der Waals surface area contributed by atoms with Crippen molar-refractivity contribution in [1.82, 2.24) is 4.90 Å². The SMILES string of the molecule is O[C@H](CN1CCCCC1)c1ccc(Cl)cc1. The van der Waals surface area contributed by atoms with Crippen molar-refractivity contribution in [2.75, 3.05) is 19.6 Å². The van der Waals surface area contributed by atoms with Gasteiger partial charge in [0.2, 0.25) is 0 Å². The molecule has 0 aliphatic carbocycles. The maximum Gasteiger partial charge on any atom is 0.0916 e. The van der Waals surface area contributed by atoms with Gasteiger partial charge < -0.3 is 10.0 Å². The van der Waals surface area contributed by atoms with E-state index in [2.05, 4.69) is 4.90 Å². The Morgan fingerprint density at radius 3 is 2.38 bits per heavy atom. The Labute approximate surface area is 102 Å². The van der Waals surface area contributed by atoms with Gasteiger partial charge in [-0.1, -0.05) is 30.2 Å². The highest BCUT2D eigenvalue weighted by atomic mass is 35.5. The first-order valence-corrected chi connectivity index (χ1v) is 6.29. The smallest absolute Gasteiger partial charge is 0.0916 e. The fourth-order valence-electron chi connectivity index (χ4n) is 2.18. The molecule has 1 saturated heterocycles. The Morgan fingerprint density at radius 2 is 1.75 bits per heavy atom. The summed E-state index contributed by atoms with van der Waals surface area (Å²) in [7, 11) is 0. The van der Waals surface area contributed by atoms with E-state index >= 15 is 0 Å². The number of benzene rings is 1. The molecule has 2 nitrogen and oxygen atoms in total. The number of hydrogen-bond acceptors (Lipinski definition) is 2. The standard InChI is InChI=1S/C13H18ClNO/c14-12-6-4-11(5-7-12)13(16)10-15-8-2-1-3-9-15/h4-7,13,16H,1-3,8-10H2/t13-/m1/s1.